The molecule has 1 aliphatic carbocycles. The van der Waals surface area contributed by atoms with E-state index in [1.807, 2.05) is 36.9 Å². The number of hydrogen-bond acceptors (Lipinski definition) is 9. The molecule has 0 aromatic carbocycles. The zero-order valence-corrected chi connectivity index (χ0v) is 17.0. The molecule has 0 radical (unpaired) electrons. The summed E-state index contributed by atoms with van der Waals surface area (Å²) in [6.07, 6.45) is 8.12. The zero-order valence-electron chi connectivity index (χ0n) is 17.0. The summed E-state index contributed by atoms with van der Waals surface area (Å²) in [7, 11) is 1.89. The molecule has 0 saturated heterocycles. The molecule has 0 amide bonds. The fourth-order valence-corrected chi connectivity index (χ4v) is 3.09. The van der Waals surface area contributed by atoms with Gasteiger partial charge >= 0.3 is 0 Å². The number of nitrogens with one attached hydrogen (secondary N) is 3. The van der Waals surface area contributed by atoms with Gasteiger partial charge < -0.3 is 20.5 Å². The predicted molar refractivity (Wildman–Crippen MR) is 114 cm³/mol. The normalized spacial score (nSPS) is 14.4. The van der Waals surface area contributed by atoms with E-state index in [9.17, 15) is 4.39 Å². The molecule has 4 aromatic heterocycles. The van der Waals surface area contributed by atoms with Crippen molar-refractivity contribution in [3.63, 3.8) is 0 Å². The van der Waals surface area contributed by atoms with E-state index < -0.39 is 5.82 Å². The average molecular weight is 420 g/mol. The van der Waals surface area contributed by atoms with E-state index in [1.54, 1.807) is 6.33 Å². The summed E-state index contributed by atoms with van der Waals surface area (Å²) in [5, 5.41) is 10.6. The lowest BCUT2D eigenvalue weighted by Gasteiger charge is -2.15. The quantitative estimate of drug-likeness (QED) is 0.414. The summed E-state index contributed by atoms with van der Waals surface area (Å²) in [6, 6.07) is 4.00. The smallest absolute Gasteiger partial charge is 0.227 e. The SMILES string of the molecule is C[C@H](Nc1nc(Nc2cn(C)cn2)c2ccc(NC3CC3)nc2n1)c1ncc(F)cn1. The van der Waals surface area contributed by atoms with E-state index in [4.69, 9.17) is 0 Å². The van der Waals surface area contributed by atoms with Crippen molar-refractivity contribution >= 4 is 34.4 Å². The number of imidazole rings is 1. The molecule has 0 unspecified atom stereocenters. The number of pyridine rings is 1. The van der Waals surface area contributed by atoms with Crippen LogP contribution in [-0.4, -0.2) is 40.5 Å². The van der Waals surface area contributed by atoms with Crippen molar-refractivity contribution in [2.75, 3.05) is 16.0 Å². The molecule has 31 heavy (non-hydrogen) atoms. The van der Waals surface area contributed by atoms with Gasteiger partial charge in [-0.3, -0.25) is 0 Å². The summed E-state index contributed by atoms with van der Waals surface area (Å²) in [5.41, 5.74) is 0.536. The minimum absolute atomic E-state index is 0.339. The van der Waals surface area contributed by atoms with Crippen LogP contribution in [0.5, 0.6) is 0 Å². The van der Waals surface area contributed by atoms with Crippen LogP contribution in [0, 0.1) is 5.82 Å². The Bertz CT molecular complexity index is 1220. The molecule has 4 aromatic rings. The monoisotopic (exact) mass is 420 g/mol. The zero-order chi connectivity index (χ0) is 21.4. The number of anilines is 4. The second-order valence-electron chi connectivity index (χ2n) is 7.56. The molecule has 1 atom stereocenters. The van der Waals surface area contributed by atoms with Crippen LogP contribution >= 0.6 is 0 Å². The summed E-state index contributed by atoms with van der Waals surface area (Å²) in [6.45, 7) is 1.85. The van der Waals surface area contributed by atoms with Gasteiger partial charge in [-0.05, 0) is 31.9 Å². The van der Waals surface area contributed by atoms with Gasteiger partial charge in [0.05, 0.1) is 30.1 Å². The Morgan fingerprint density at radius 3 is 2.58 bits per heavy atom. The Morgan fingerprint density at radius 1 is 1.06 bits per heavy atom. The predicted octanol–water partition coefficient (Wildman–Crippen LogP) is 3.18. The third kappa shape index (κ3) is 4.34. The fraction of sp³-hybridized carbons (Fsp3) is 0.300. The highest BCUT2D eigenvalue weighted by molar-refractivity contribution is 5.90. The van der Waals surface area contributed by atoms with Crippen LogP contribution in [-0.2, 0) is 7.05 Å². The third-order valence-corrected chi connectivity index (χ3v) is 4.81. The molecule has 5 rings (SSSR count). The first-order chi connectivity index (χ1) is 15.0. The van der Waals surface area contributed by atoms with Crippen LogP contribution in [0.4, 0.5) is 27.8 Å². The Balaban J connectivity index is 1.50. The maximum absolute atomic E-state index is 13.1. The maximum Gasteiger partial charge on any atom is 0.227 e. The molecule has 0 bridgehead atoms. The van der Waals surface area contributed by atoms with E-state index in [0.717, 1.165) is 36.4 Å². The lowest BCUT2D eigenvalue weighted by Crippen LogP contribution is -2.14. The van der Waals surface area contributed by atoms with Crippen molar-refractivity contribution in [2.24, 2.45) is 7.05 Å². The number of fused-ring (bicyclic) bond motifs is 1. The number of rotatable bonds is 7. The summed E-state index contributed by atoms with van der Waals surface area (Å²) < 4.78 is 15.0. The molecule has 11 heteroatoms. The number of hydrogen-bond donors (Lipinski definition) is 3. The molecule has 1 saturated carbocycles. The van der Waals surface area contributed by atoms with Crippen molar-refractivity contribution < 1.29 is 4.39 Å². The Morgan fingerprint density at radius 2 is 1.87 bits per heavy atom. The molecule has 4 heterocycles. The van der Waals surface area contributed by atoms with Crippen molar-refractivity contribution in [1.82, 2.24) is 34.5 Å². The first kappa shape index (κ1) is 19.1. The van der Waals surface area contributed by atoms with Crippen LogP contribution in [0.2, 0.25) is 0 Å². The minimum Gasteiger partial charge on any atom is -0.367 e. The van der Waals surface area contributed by atoms with E-state index >= 15 is 0 Å². The van der Waals surface area contributed by atoms with Crippen LogP contribution in [0.1, 0.15) is 31.6 Å². The standard InChI is InChI=1S/C20H21FN10/c1-11(17-22-7-12(21)8-23-17)25-20-29-18-14(5-6-15(27-18)26-13-3-4-13)19(30-20)28-16-9-31(2)10-24-16/h5-11,13H,3-4H2,1-2H3,(H3,25,26,27,28,29,30)/t11-/m0/s1. The van der Waals surface area contributed by atoms with Gasteiger partial charge in [0.25, 0.3) is 0 Å². The first-order valence-corrected chi connectivity index (χ1v) is 9.98. The Hall–Kier alpha value is -3.89. The van der Waals surface area contributed by atoms with Gasteiger partial charge in [-0.2, -0.15) is 9.97 Å². The highest BCUT2D eigenvalue weighted by atomic mass is 19.1. The van der Waals surface area contributed by atoms with Gasteiger partial charge in [-0.25, -0.2) is 24.3 Å². The minimum atomic E-state index is -0.486. The third-order valence-electron chi connectivity index (χ3n) is 4.81. The van der Waals surface area contributed by atoms with Crippen LogP contribution in [0.3, 0.4) is 0 Å². The van der Waals surface area contributed by atoms with Crippen LogP contribution in [0.25, 0.3) is 11.0 Å². The highest BCUT2D eigenvalue weighted by Gasteiger charge is 2.22. The number of aromatic nitrogens is 7. The molecule has 1 aliphatic rings. The van der Waals surface area contributed by atoms with Gasteiger partial charge in [0.2, 0.25) is 5.95 Å². The van der Waals surface area contributed by atoms with E-state index in [-0.39, 0.29) is 6.04 Å². The molecule has 0 spiro atoms. The number of aryl methyl sites for hydroxylation is 1. The second kappa shape index (κ2) is 7.74. The molecule has 1 fully saturated rings. The van der Waals surface area contributed by atoms with E-state index in [2.05, 4.69) is 45.9 Å². The summed E-state index contributed by atoms with van der Waals surface area (Å²) in [5.74, 6) is 2.30. The summed E-state index contributed by atoms with van der Waals surface area (Å²) >= 11 is 0. The largest absolute Gasteiger partial charge is 0.367 e. The van der Waals surface area contributed by atoms with Gasteiger partial charge in [-0.1, -0.05) is 0 Å². The lowest BCUT2D eigenvalue weighted by molar-refractivity contribution is 0.604. The topological polar surface area (TPSA) is 118 Å². The maximum atomic E-state index is 13.1. The molecular weight excluding hydrogens is 399 g/mol. The van der Waals surface area contributed by atoms with Crippen molar-refractivity contribution in [3.05, 3.63) is 48.7 Å². The molecule has 10 nitrogen and oxygen atoms in total. The molecule has 3 N–H and O–H groups in total. The Kier molecular flexibility index (Phi) is 4.77. The number of halogens is 1. The number of nitrogens with zero attached hydrogens (tertiary/aromatic N) is 7. The van der Waals surface area contributed by atoms with Crippen molar-refractivity contribution in [3.8, 4) is 0 Å². The van der Waals surface area contributed by atoms with Gasteiger partial charge in [-0.15, -0.1) is 0 Å². The summed E-state index contributed by atoms with van der Waals surface area (Å²) in [4.78, 5) is 26.2. The molecular formula is C20H21FN10. The molecule has 0 aliphatic heterocycles. The lowest BCUT2D eigenvalue weighted by atomic mass is 10.3. The average Bonchev–Trinajstić information content (AvgIpc) is 3.47. The Labute approximate surface area is 177 Å². The first-order valence-electron chi connectivity index (χ1n) is 9.98. The fourth-order valence-electron chi connectivity index (χ4n) is 3.09. The van der Waals surface area contributed by atoms with Crippen molar-refractivity contribution in [1.29, 1.82) is 0 Å². The molecule has 158 valence electrons. The van der Waals surface area contributed by atoms with Gasteiger partial charge in [0.1, 0.15) is 23.3 Å². The van der Waals surface area contributed by atoms with Crippen LogP contribution in [0.15, 0.2) is 37.1 Å². The van der Waals surface area contributed by atoms with E-state index in [0.29, 0.717) is 35.1 Å². The highest BCUT2D eigenvalue weighted by Crippen LogP contribution is 2.28. The van der Waals surface area contributed by atoms with Gasteiger partial charge in [0, 0.05) is 19.3 Å². The van der Waals surface area contributed by atoms with E-state index in [1.165, 1.54) is 0 Å². The van der Waals surface area contributed by atoms with Crippen LogP contribution < -0.4 is 16.0 Å². The van der Waals surface area contributed by atoms with Gasteiger partial charge in [0.15, 0.2) is 11.5 Å². The second-order valence-corrected chi connectivity index (χ2v) is 7.56. The van der Waals surface area contributed by atoms with Crippen molar-refractivity contribution in [2.45, 2.75) is 31.8 Å².